The van der Waals surface area contributed by atoms with E-state index in [2.05, 4.69) is 10.1 Å². The molecule has 0 spiro atoms. The van der Waals surface area contributed by atoms with Crippen molar-refractivity contribution in [1.82, 2.24) is 14.7 Å². The molecule has 0 saturated carbocycles. The van der Waals surface area contributed by atoms with Crippen LogP contribution in [0, 0.1) is 13.8 Å². The van der Waals surface area contributed by atoms with Gasteiger partial charge in [-0.15, -0.1) is 0 Å². The molecule has 0 amide bonds. The quantitative estimate of drug-likeness (QED) is 0.788. The molecular formula is C11H15N3O2. The highest BCUT2D eigenvalue weighted by Crippen LogP contribution is 2.10. The third kappa shape index (κ3) is 2.14. The van der Waals surface area contributed by atoms with Gasteiger partial charge in [0, 0.05) is 18.9 Å². The summed E-state index contributed by atoms with van der Waals surface area (Å²) in [5, 5.41) is 3.98. The highest BCUT2D eigenvalue weighted by Gasteiger charge is 2.07. The molecule has 0 N–H and O–H groups in total. The van der Waals surface area contributed by atoms with E-state index in [0.29, 0.717) is 13.2 Å². The van der Waals surface area contributed by atoms with E-state index in [1.54, 1.807) is 7.11 Å². The highest BCUT2D eigenvalue weighted by atomic mass is 16.5. The van der Waals surface area contributed by atoms with Gasteiger partial charge in [-0.05, 0) is 13.8 Å². The summed E-state index contributed by atoms with van der Waals surface area (Å²) in [5.74, 6) is 0.743. The van der Waals surface area contributed by atoms with E-state index in [9.17, 15) is 0 Å². The summed E-state index contributed by atoms with van der Waals surface area (Å²) >= 11 is 0. The molecule has 2 heterocycles. The van der Waals surface area contributed by atoms with Crippen molar-refractivity contribution in [2.45, 2.75) is 27.0 Å². The van der Waals surface area contributed by atoms with Crippen molar-refractivity contribution in [3.05, 3.63) is 35.2 Å². The third-order valence-corrected chi connectivity index (χ3v) is 2.57. The number of aryl methyl sites for hydroxylation is 1. The van der Waals surface area contributed by atoms with Gasteiger partial charge in [0.05, 0.1) is 18.6 Å². The minimum Gasteiger partial charge on any atom is -0.377 e. The lowest BCUT2D eigenvalue weighted by Crippen LogP contribution is -2.00. The molecule has 86 valence electrons. The van der Waals surface area contributed by atoms with E-state index in [0.717, 1.165) is 22.8 Å². The third-order valence-electron chi connectivity index (χ3n) is 2.57. The fourth-order valence-electron chi connectivity index (χ4n) is 1.52. The first kappa shape index (κ1) is 10.9. The Kier molecular flexibility index (Phi) is 3.05. The molecule has 2 aromatic rings. The topological polar surface area (TPSA) is 53.1 Å². The van der Waals surface area contributed by atoms with Crippen molar-refractivity contribution in [3.8, 4) is 0 Å². The largest absolute Gasteiger partial charge is 0.377 e. The summed E-state index contributed by atoms with van der Waals surface area (Å²) in [6.07, 6.45) is 1.81. The smallest absolute Gasteiger partial charge is 0.162 e. The summed E-state index contributed by atoms with van der Waals surface area (Å²) in [4.78, 5) is 4.24. The SMILES string of the molecule is COCc1cc(Cn2cnc(C)c2C)no1. The molecule has 2 rings (SSSR count). The van der Waals surface area contributed by atoms with Crippen LogP contribution in [0.4, 0.5) is 0 Å². The van der Waals surface area contributed by atoms with Crippen LogP contribution in [0.5, 0.6) is 0 Å². The van der Waals surface area contributed by atoms with Gasteiger partial charge in [-0.2, -0.15) is 0 Å². The predicted molar refractivity (Wildman–Crippen MR) is 58.0 cm³/mol. The Morgan fingerprint density at radius 1 is 1.44 bits per heavy atom. The zero-order valence-electron chi connectivity index (χ0n) is 9.73. The first-order chi connectivity index (χ1) is 7.70. The van der Waals surface area contributed by atoms with Gasteiger partial charge in [0.1, 0.15) is 12.3 Å². The summed E-state index contributed by atoms with van der Waals surface area (Å²) in [7, 11) is 1.63. The summed E-state index contributed by atoms with van der Waals surface area (Å²) in [6.45, 7) is 5.16. The lowest BCUT2D eigenvalue weighted by Gasteiger charge is -2.00. The second-order valence-corrected chi connectivity index (χ2v) is 3.76. The number of imidazole rings is 1. The van der Waals surface area contributed by atoms with Crippen molar-refractivity contribution in [3.63, 3.8) is 0 Å². The van der Waals surface area contributed by atoms with Crippen LogP contribution in [0.3, 0.4) is 0 Å². The van der Waals surface area contributed by atoms with Gasteiger partial charge in [-0.1, -0.05) is 5.16 Å². The van der Waals surface area contributed by atoms with Crippen LogP contribution in [-0.2, 0) is 17.9 Å². The maximum atomic E-state index is 5.12. The van der Waals surface area contributed by atoms with Gasteiger partial charge in [-0.25, -0.2) is 4.98 Å². The molecule has 2 aromatic heterocycles. The fourth-order valence-corrected chi connectivity index (χ4v) is 1.52. The Balaban J connectivity index is 2.11. The number of nitrogens with zero attached hydrogens (tertiary/aromatic N) is 3. The van der Waals surface area contributed by atoms with Crippen LogP contribution in [0.1, 0.15) is 22.8 Å². The van der Waals surface area contributed by atoms with Gasteiger partial charge < -0.3 is 13.8 Å². The van der Waals surface area contributed by atoms with Crippen molar-refractivity contribution in [2.75, 3.05) is 7.11 Å². The molecule has 16 heavy (non-hydrogen) atoms. The van der Waals surface area contributed by atoms with Crippen LogP contribution in [0.15, 0.2) is 16.9 Å². The van der Waals surface area contributed by atoms with Crippen LogP contribution < -0.4 is 0 Å². The van der Waals surface area contributed by atoms with E-state index >= 15 is 0 Å². The molecule has 0 aromatic carbocycles. The molecule has 0 atom stereocenters. The number of rotatable bonds is 4. The summed E-state index contributed by atoms with van der Waals surface area (Å²) in [6, 6.07) is 1.90. The monoisotopic (exact) mass is 221 g/mol. The van der Waals surface area contributed by atoms with Gasteiger partial charge >= 0.3 is 0 Å². The molecule has 5 heteroatoms. The number of hydrogen-bond donors (Lipinski definition) is 0. The zero-order valence-corrected chi connectivity index (χ0v) is 9.73. The van der Waals surface area contributed by atoms with Crippen molar-refractivity contribution in [2.24, 2.45) is 0 Å². The molecular weight excluding hydrogens is 206 g/mol. The number of aromatic nitrogens is 3. The Morgan fingerprint density at radius 2 is 2.25 bits per heavy atom. The maximum Gasteiger partial charge on any atom is 0.162 e. The molecule has 0 fully saturated rings. The standard InChI is InChI=1S/C11H15N3O2/c1-8-9(2)14(7-12-8)5-10-4-11(6-15-3)16-13-10/h4,7H,5-6H2,1-3H3. The summed E-state index contributed by atoms with van der Waals surface area (Å²) < 4.78 is 12.1. The number of hydrogen-bond acceptors (Lipinski definition) is 4. The number of methoxy groups -OCH3 is 1. The Labute approximate surface area is 94.0 Å². The fraction of sp³-hybridized carbons (Fsp3) is 0.455. The molecule has 0 aliphatic heterocycles. The molecule has 5 nitrogen and oxygen atoms in total. The van der Waals surface area contributed by atoms with E-state index in [1.807, 2.05) is 30.8 Å². The van der Waals surface area contributed by atoms with E-state index in [-0.39, 0.29) is 0 Å². The van der Waals surface area contributed by atoms with Crippen LogP contribution in [0.25, 0.3) is 0 Å². The molecule has 0 bridgehead atoms. The molecule has 0 saturated heterocycles. The minimum atomic E-state index is 0.453. The second-order valence-electron chi connectivity index (χ2n) is 3.76. The van der Waals surface area contributed by atoms with Gasteiger partial charge in [0.25, 0.3) is 0 Å². The first-order valence-corrected chi connectivity index (χ1v) is 5.12. The Bertz CT molecular complexity index is 473. The highest BCUT2D eigenvalue weighted by molar-refractivity contribution is 5.12. The average molecular weight is 221 g/mol. The van der Waals surface area contributed by atoms with E-state index in [1.165, 1.54) is 0 Å². The lowest BCUT2D eigenvalue weighted by molar-refractivity contribution is 0.155. The Hall–Kier alpha value is -1.62. The number of ether oxygens (including phenoxy) is 1. The van der Waals surface area contributed by atoms with Crippen molar-refractivity contribution < 1.29 is 9.26 Å². The predicted octanol–water partition coefficient (Wildman–Crippen LogP) is 1.68. The van der Waals surface area contributed by atoms with Crippen LogP contribution in [-0.4, -0.2) is 21.8 Å². The molecule has 0 radical (unpaired) electrons. The van der Waals surface area contributed by atoms with Gasteiger partial charge in [0.2, 0.25) is 0 Å². The van der Waals surface area contributed by atoms with Crippen molar-refractivity contribution >= 4 is 0 Å². The first-order valence-electron chi connectivity index (χ1n) is 5.12. The van der Waals surface area contributed by atoms with Crippen LogP contribution >= 0.6 is 0 Å². The average Bonchev–Trinajstić information content (AvgIpc) is 2.82. The summed E-state index contributed by atoms with van der Waals surface area (Å²) in [5.41, 5.74) is 3.07. The zero-order chi connectivity index (χ0) is 11.5. The van der Waals surface area contributed by atoms with Crippen LogP contribution in [0.2, 0.25) is 0 Å². The van der Waals surface area contributed by atoms with E-state index in [4.69, 9.17) is 9.26 Å². The molecule has 0 aliphatic rings. The van der Waals surface area contributed by atoms with Gasteiger partial charge in [-0.3, -0.25) is 0 Å². The minimum absolute atomic E-state index is 0.453. The second kappa shape index (κ2) is 4.49. The molecule has 0 unspecified atom stereocenters. The lowest BCUT2D eigenvalue weighted by atomic mass is 10.3. The molecule has 0 aliphatic carbocycles. The maximum absolute atomic E-state index is 5.12. The van der Waals surface area contributed by atoms with Gasteiger partial charge in [0.15, 0.2) is 5.76 Å². The Morgan fingerprint density at radius 3 is 2.88 bits per heavy atom. The normalized spacial score (nSPS) is 10.9. The van der Waals surface area contributed by atoms with E-state index < -0.39 is 0 Å². The van der Waals surface area contributed by atoms with Crippen molar-refractivity contribution in [1.29, 1.82) is 0 Å².